The number of carboxylic acid groups (broad SMARTS) is 1. The van der Waals surface area contributed by atoms with Crippen molar-refractivity contribution < 1.29 is 9.90 Å². The molecule has 0 aromatic carbocycles. The molecule has 1 aromatic rings. The van der Waals surface area contributed by atoms with Crippen molar-refractivity contribution in [2.75, 3.05) is 0 Å². The highest BCUT2D eigenvalue weighted by atomic mass is 16.4. The van der Waals surface area contributed by atoms with Crippen LogP contribution in [-0.4, -0.2) is 26.1 Å². The average molecular weight is 197 g/mol. The molecule has 0 atom stereocenters. The quantitative estimate of drug-likeness (QED) is 0.713. The zero-order valence-electron chi connectivity index (χ0n) is 8.53. The van der Waals surface area contributed by atoms with E-state index in [1.54, 1.807) is 4.68 Å². The second-order valence-corrected chi connectivity index (χ2v) is 3.35. The van der Waals surface area contributed by atoms with E-state index in [-0.39, 0.29) is 6.42 Å². The van der Waals surface area contributed by atoms with Gasteiger partial charge in [0.2, 0.25) is 0 Å². The normalized spacial score (nSPS) is 10.4. The summed E-state index contributed by atoms with van der Waals surface area (Å²) in [4.78, 5) is 10.3. The highest BCUT2D eigenvalue weighted by Crippen LogP contribution is 2.08. The minimum atomic E-state index is -0.732. The van der Waals surface area contributed by atoms with Gasteiger partial charge >= 0.3 is 5.97 Å². The first-order chi connectivity index (χ1) is 6.61. The molecule has 14 heavy (non-hydrogen) atoms. The number of aryl methyl sites for hydroxylation is 2. The fourth-order valence-corrected chi connectivity index (χ4v) is 1.39. The summed E-state index contributed by atoms with van der Waals surface area (Å²) in [6.45, 7) is 1.92. The molecule has 1 aromatic heterocycles. The van der Waals surface area contributed by atoms with Crippen LogP contribution in [0.2, 0.25) is 0 Å². The zero-order chi connectivity index (χ0) is 10.6. The van der Waals surface area contributed by atoms with E-state index in [2.05, 4.69) is 10.3 Å². The number of unbranched alkanes of at least 4 members (excludes halogenated alkanes) is 1. The Morgan fingerprint density at radius 2 is 2.21 bits per heavy atom. The lowest BCUT2D eigenvalue weighted by Gasteiger charge is -2.00. The summed E-state index contributed by atoms with van der Waals surface area (Å²) in [6.07, 6.45) is 2.67. The lowest BCUT2D eigenvalue weighted by atomic mass is 10.1. The molecule has 0 aliphatic rings. The number of carbonyl (C=O) groups is 1. The molecule has 5 nitrogen and oxygen atoms in total. The van der Waals surface area contributed by atoms with Gasteiger partial charge in [-0.2, -0.15) is 0 Å². The number of hydrogen-bond donors (Lipinski definition) is 1. The number of aliphatic carboxylic acids is 1. The van der Waals surface area contributed by atoms with Gasteiger partial charge in [-0.3, -0.25) is 9.48 Å². The van der Waals surface area contributed by atoms with E-state index < -0.39 is 5.97 Å². The molecule has 0 amide bonds. The number of aromatic nitrogens is 3. The molecule has 5 heteroatoms. The molecule has 0 unspecified atom stereocenters. The van der Waals surface area contributed by atoms with E-state index in [1.807, 2.05) is 14.0 Å². The topological polar surface area (TPSA) is 68.0 Å². The van der Waals surface area contributed by atoms with Crippen molar-refractivity contribution in [1.82, 2.24) is 15.0 Å². The van der Waals surface area contributed by atoms with E-state index in [4.69, 9.17) is 5.11 Å². The first kappa shape index (κ1) is 10.7. The fourth-order valence-electron chi connectivity index (χ4n) is 1.39. The summed E-state index contributed by atoms with van der Waals surface area (Å²) in [5, 5.41) is 16.3. The molecule has 0 spiro atoms. The van der Waals surface area contributed by atoms with Gasteiger partial charge in [0, 0.05) is 13.5 Å². The first-order valence-electron chi connectivity index (χ1n) is 4.68. The van der Waals surface area contributed by atoms with Gasteiger partial charge in [-0.15, -0.1) is 5.10 Å². The van der Waals surface area contributed by atoms with Gasteiger partial charge in [-0.05, 0) is 26.2 Å². The molecule has 1 heterocycles. The van der Waals surface area contributed by atoms with Crippen LogP contribution < -0.4 is 0 Å². The van der Waals surface area contributed by atoms with E-state index in [0.717, 1.165) is 24.2 Å². The zero-order valence-corrected chi connectivity index (χ0v) is 8.53. The third kappa shape index (κ3) is 2.83. The average Bonchev–Trinajstić information content (AvgIpc) is 2.42. The minimum absolute atomic E-state index is 0.240. The van der Waals surface area contributed by atoms with E-state index >= 15 is 0 Å². The van der Waals surface area contributed by atoms with Crippen LogP contribution in [0.5, 0.6) is 0 Å². The van der Waals surface area contributed by atoms with E-state index in [0.29, 0.717) is 6.42 Å². The van der Waals surface area contributed by atoms with Crippen molar-refractivity contribution in [3.8, 4) is 0 Å². The van der Waals surface area contributed by atoms with E-state index in [1.165, 1.54) is 0 Å². The van der Waals surface area contributed by atoms with Crippen molar-refractivity contribution in [2.45, 2.75) is 32.6 Å². The Balaban J connectivity index is 2.34. The number of carboxylic acids is 1. The summed E-state index contributed by atoms with van der Waals surface area (Å²) >= 11 is 0. The van der Waals surface area contributed by atoms with Gasteiger partial charge in [0.25, 0.3) is 0 Å². The van der Waals surface area contributed by atoms with Crippen LogP contribution in [0.4, 0.5) is 0 Å². The predicted molar refractivity (Wildman–Crippen MR) is 50.9 cm³/mol. The Kier molecular flexibility index (Phi) is 3.62. The summed E-state index contributed by atoms with van der Waals surface area (Å²) < 4.78 is 1.75. The first-order valence-corrected chi connectivity index (χ1v) is 4.68. The maximum atomic E-state index is 10.3. The summed E-state index contributed by atoms with van der Waals surface area (Å²) in [5.41, 5.74) is 2.03. The SMILES string of the molecule is Cc1nnn(C)c1CCCCC(=O)O. The Bertz CT molecular complexity index is 300. The second-order valence-electron chi connectivity index (χ2n) is 3.35. The molecule has 0 bridgehead atoms. The van der Waals surface area contributed by atoms with Crippen molar-refractivity contribution in [3.63, 3.8) is 0 Å². The Labute approximate surface area is 82.7 Å². The lowest BCUT2D eigenvalue weighted by Crippen LogP contribution is -2.00. The van der Waals surface area contributed by atoms with Crippen LogP contribution in [0, 0.1) is 6.92 Å². The van der Waals surface area contributed by atoms with Crippen LogP contribution in [0.1, 0.15) is 30.7 Å². The third-order valence-electron chi connectivity index (χ3n) is 2.19. The summed E-state index contributed by atoms with van der Waals surface area (Å²) in [5.74, 6) is -0.732. The number of rotatable bonds is 5. The molecule has 0 fully saturated rings. The lowest BCUT2D eigenvalue weighted by molar-refractivity contribution is -0.137. The van der Waals surface area contributed by atoms with Crippen molar-refractivity contribution in [2.24, 2.45) is 7.05 Å². The molecular formula is C9H15N3O2. The van der Waals surface area contributed by atoms with Crippen molar-refractivity contribution in [1.29, 1.82) is 0 Å². The van der Waals surface area contributed by atoms with Crippen LogP contribution in [0.25, 0.3) is 0 Å². The third-order valence-corrected chi connectivity index (χ3v) is 2.19. The van der Waals surface area contributed by atoms with Gasteiger partial charge in [-0.1, -0.05) is 5.21 Å². The largest absolute Gasteiger partial charge is 0.481 e. The van der Waals surface area contributed by atoms with Gasteiger partial charge in [0.05, 0.1) is 11.4 Å². The van der Waals surface area contributed by atoms with Crippen LogP contribution >= 0.6 is 0 Å². The van der Waals surface area contributed by atoms with Crippen LogP contribution in [-0.2, 0) is 18.3 Å². The second kappa shape index (κ2) is 4.74. The summed E-state index contributed by atoms with van der Waals surface area (Å²) in [7, 11) is 1.85. The molecule has 1 N–H and O–H groups in total. The molecule has 1 rings (SSSR count). The van der Waals surface area contributed by atoms with E-state index in [9.17, 15) is 4.79 Å². The molecule has 0 saturated carbocycles. The Morgan fingerprint density at radius 1 is 1.50 bits per heavy atom. The van der Waals surface area contributed by atoms with Gasteiger partial charge in [0.1, 0.15) is 0 Å². The standard InChI is InChI=1S/C9H15N3O2/c1-7-8(12(2)11-10-7)5-3-4-6-9(13)14/h3-6H2,1-2H3,(H,13,14). The van der Waals surface area contributed by atoms with Crippen LogP contribution in [0.3, 0.4) is 0 Å². The minimum Gasteiger partial charge on any atom is -0.481 e. The number of nitrogens with zero attached hydrogens (tertiary/aromatic N) is 3. The van der Waals surface area contributed by atoms with Gasteiger partial charge < -0.3 is 5.11 Å². The highest BCUT2D eigenvalue weighted by molar-refractivity contribution is 5.66. The maximum Gasteiger partial charge on any atom is 0.303 e. The fraction of sp³-hybridized carbons (Fsp3) is 0.667. The monoisotopic (exact) mass is 197 g/mol. The maximum absolute atomic E-state index is 10.3. The molecule has 0 saturated heterocycles. The molecule has 78 valence electrons. The molecular weight excluding hydrogens is 182 g/mol. The smallest absolute Gasteiger partial charge is 0.303 e. The molecule has 0 aliphatic carbocycles. The molecule has 0 aliphatic heterocycles. The van der Waals surface area contributed by atoms with Gasteiger partial charge in [-0.25, -0.2) is 0 Å². The predicted octanol–water partition coefficient (Wildman–Crippen LogP) is 0.921. The van der Waals surface area contributed by atoms with Gasteiger partial charge in [0.15, 0.2) is 0 Å². The number of hydrogen-bond acceptors (Lipinski definition) is 3. The Morgan fingerprint density at radius 3 is 2.71 bits per heavy atom. The van der Waals surface area contributed by atoms with Crippen LogP contribution in [0.15, 0.2) is 0 Å². The van der Waals surface area contributed by atoms with Crippen molar-refractivity contribution >= 4 is 5.97 Å². The molecule has 0 radical (unpaired) electrons. The van der Waals surface area contributed by atoms with Crippen molar-refractivity contribution in [3.05, 3.63) is 11.4 Å². The summed E-state index contributed by atoms with van der Waals surface area (Å²) in [6, 6.07) is 0. The highest BCUT2D eigenvalue weighted by Gasteiger charge is 2.05. The Hall–Kier alpha value is -1.39.